The van der Waals surface area contributed by atoms with Gasteiger partial charge in [0.25, 0.3) is 0 Å². The molecule has 0 aromatic rings. The van der Waals surface area contributed by atoms with Crippen LogP contribution < -0.4 is 5.73 Å². The first kappa shape index (κ1) is 13.4. The number of likely N-dealkylation sites (tertiary alicyclic amines) is 1. The summed E-state index contributed by atoms with van der Waals surface area (Å²) in [6, 6.07) is 0.709. The van der Waals surface area contributed by atoms with Crippen LogP contribution in [-0.4, -0.2) is 29.6 Å². The number of nitrogens with two attached hydrogens (primary N) is 1. The second kappa shape index (κ2) is 4.55. The molecule has 0 aromatic carbocycles. The molecule has 0 aromatic heterocycles. The average molecular weight is 238 g/mol. The minimum absolute atomic E-state index is 0.303. The van der Waals surface area contributed by atoms with Gasteiger partial charge >= 0.3 is 0 Å². The van der Waals surface area contributed by atoms with E-state index < -0.39 is 0 Å². The van der Waals surface area contributed by atoms with Crippen molar-refractivity contribution in [3.63, 3.8) is 0 Å². The van der Waals surface area contributed by atoms with Crippen LogP contribution in [0.2, 0.25) is 0 Å². The zero-order chi connectivity index (χ0) is 12.7. The molecule has 3 unspecified atom stereocenters. The zero-order valence-electron chi connectivity index (χ0n) is 12.1. The lowest BCUT2D eigenvalue weighted by atomic mass is 9.82. The van der Waals surface area contributed by atoms with Gasteiger partial charge in [-0.25, -0.2) is 0 Å². The molecule has 2 nitrogen and oxygen atoms in total. The fraction of sp³-hybridized carbons (Fsp3) is 1.00. The molecule has 2 N–H and O–H groups in total. The largest absolute Gasteiger partial charge is 0.329 e. The van der Waals surface area contributed by atoms with E-state index in [1.165, 1.54) is 38.6 Å². The van der Waals surface area contributed by atoms with E-state index in [2.05, 4.69) is 32.6 Å². The van der Waals surface area contributed by atoms with Crippen molar-refractivity contribution in [2.45, 2.75) is 71.4 Å². The number of rotatable bonds is 2. The summed E-state index contributed by atoms with van der Waals surface area (Å²) in [5, 5.41) is 0. The van der Waals surface area contributed by atoms with Crippen molar-refractivity contribution >= 4 is 0 Å². The maximum atomic E-state index is 6.19. The SMILES string of the molecule is CC1CCCN(C2(CN)CCC(C)(C)C2)C1C. The summed E-state index contributed by atoms with van der Waals surface area (Å²) in [6.07, 6.45) is 6.66. The molecule has 0 spiro atoms. The Bertz CT molecular complexity index is 274. The van der Waals surface area contributed by atoms with Crippen molar-refractivity contribution in [2.75, 3.05) is 13.1 Å². The third-order valence-corrected chi connectivity index (χ3v) is 5.44. The maximum Gasteiger partial charge on any atom is 0.0339 e. The molecule has 2 fully saturated rings. The van der Waals surface area contributed by atoms with Crippen LogP contribution >= 0.6 is 0 Å². The van der Waals surface area contributed by atoms with Gasteiger partial charge in [-0.15, -0.1) is 0 Å². The van der Waals surface area contributed by atoms with Crippen LogP contribution in [0.4, 0.5) is 0 Å². The van der Waals surface area contributed by atoms with Crippen molar-refractivity contribution in [3.8, 4) is 0 Å². The van der Waals surface area contributed by atoms with Gasteiger partial charge in [0.1, 0.15) is 0 Å². The Balaban J connectivity index is 2.18. The third kappa shape index (κ3) is 2.39. The number of hydrogen-bond donors (Lipinski definition) is 1. The number of piperidine rings is 1. The first-order chi connectivity index (χ1) is 7.90. The lowest BCUT2D eigenvalue weighted by Gasteiger charge is -2.49. The Labute approximate surface area is 107 Å². The van der Waals surface area contributed by atoms with Crippen LogP contribution in [0.1, 0.15) is 59.8 Å². The molecule has 17 heavy (non-hydrogen) atoms. The molecular formula is C15H30N2. The first-order valence-corrected chi connectivity index (χ1v) is 7.37. The summed E-state index contributed by atoms with van der Waals surface area (Å²) >= 11 is 0. The average Bonchev–Trinajstić information content (AvgIpc) is 2.59. The molecule has 0 amide bonds. The summed E-state index contributed by atoms with van der Waals surface area (Å²) < 4.78 is 0. The molecule has 1 aliphatic heterocycles. The van der Waals surface area contributed by atoms with Gasteiger partial charge in [-0.3, -0.25) is 4.90 Å². The van der Waals surface area contributed by atoms with Crippen molar-refractivity contribution in [2.24, 2.45) is 17.1 Å². The van der Waals surface area contributed by atoms with Crippen LogP contribution in [0, 0.1) is 11.3 Å². The zero-order valence-corrected chi connectivity index (χ0v) is 12.1. The van der Waals surface area contributed by atoms with Crippen molar-refractivity contribution in [1.29, 1.82) is 0 Å². The Morgan fingerprint density at radius 1 is 1.24 bits per heavy atom. The van der Waals surface area contributed by atoms with Crippen molar-refractivity contribution in [1.82, 2.24) is 4.90 Å². The molecule has 100 valence electrons. The standard InChI is InChI=1S/C15H30N2/c1-12-6-5-9-17(13(12)2)15(11-16)8-7-14(3,4)10-15/h12-13H,5-11,16H2,1-4H3. The molecule has 1 saturated heterocycles. The summed E-state index contributed by atoms with van der Waals surface area (Å²) in [7, 11) is 0. The number of hydrogen-bond acceptors (Lipinski definition) is 2. The van der Waals surface area contributed by atoms with Gasteiger partial charge in [-0.2, -0.15) is 0 Å². The second-order valence-corrected chi connectivity index (χ2v) is 7.32. The molecule has 1 saturated carbocycles. The van der Waals surface area contributed by atoms with Gasteiger partial charge in [-0.05, 0) is 56.9 Å². The van der Waals surface area contributed by atoms with Crippen LogP contribution in [0.25, 0.3) is 0 Å². The van der Waals surface area contributed by atoms with Crippen LogP contribution in [0.5, 0.6) is 0 Å². The summed E-state index contributed by atoms with van der Waals surface area (Å²) in [6.45, 7) is 11.7. The van der Waals surface area contributed by atoms with E-state index in [-0.39, 0.29) is 0 Å². The molecule has 0 bridgehead atoms. The van der Waals surface area contributed by atoms with E-state index in [4.69, 9.17) is 5.73 Å². The van der Waals surface area contributed by atoms with Crippen LogP contribution in [0.15, 0.2) is 0 Å². The molecule has 2 rings (SSSR count). The van der Waals surface area contributed by atoms with Crippen molar-refractivity contribution in [3.05, 3.63) is 0 Å². The van der Waals surface area contributed by atoms with Crippen LogP contribution in [-0.2, 0) is 0 Å². The van der Waals surface area contributed by atoms with E-state index in [0.29, 0.717) is 17.0 Å². The predicted octanol–water partition coefficient (Wildman–Crippen LogP) is 3.01. The highest BCUT2D eigenvalue weighted by Crippen LogP contribution is 2.48. The van der Waals surface area contributed by atoms with Gasteiger partial charge in [0, 0.05) is 18.1 Å². The van der Waals surface area contributed by atoms with E-state index >= 15 is 0 Å². The minimum atomic E-state index is 0.303. The summed E-state index contributed by atoms with van der Waals surface area (Å²) in [4.78, 5) is 2.76. The van der Waals surface area contributed by atoms with Crippen LogP contribution in [0.3, 0.4) is 0 Å². The number of nitrogens with zero attached hydrogens (tertiary/aromatic N) is 1. The van der Waals surface area contributed by atoms with Gasteiger partial charge in [-0.1, -0.05) is 20.8 Å². The van der Waals surface area contributed by atoms with Gasteiger partial charge in [0.2, 0.25) is 0 Å². The lowest BCUT2D eigenvalue weighted by molar-refractivity contribution is 0.00240. The summed E-state index contributed by atoms with van der Waals surface area (Å²) in [5.41, 5.74) is 6.98. The Hall–Kier alpha value is -0.0800. The molecule has 2 heteroatoms. The topological polar surface area (TPSA) is 29.3 Å². The monoisotopic (exact) mass is 238 g/mol. The predicted molar refractivity (Wildman–Crippen MR) is 74.0 cm³/mol. The Morgan fingerprint density at radius 2 is 1.94 bits per heavy atom. The fourth-order valence-corrected chi connectivity index (χ4v) is 4.18. The van der Waals surface area contributed by atoms with Gasteiger partial charge in [0.15, 0.2) is 0 Å². The van der Waals surface area contributed by atoms with E-state index in [9.17, 15) is 0 Å². The van der Waals surface area contributed by atoms with Gasteiger partial charge < -0.3 is 5.73 Å². The maximum absolute atomic E-state index is 6.19. The van der Waals surface area contributed by atoms with Crippen molar-refractivity contribution < 1.29 is 0 Å². The van der Waals surface area contributed by atoms with E-state index in [1.54, 1.807) is 0 Å². The smallest absolute Gasteiger partial charge is 0.0339 e. The molecule has 1 heterocycles. The lowest BCUT2D eigenvalue weighted by Crippen LogP contribution is -2.59. The van der Waals surface area contributed by atoms with Gasteiger partial charge in [0.05, 0.1) is 0 Å². The normalized spacial score (nSPS) is 42.9. The van der Waals surface area contributed by atoms with E-state index in [0.717, 1.165) is 12.5 Å². The molecule has 2 aliphatic rings. The Kier molecular flexibility index (Phi) is 3.57. The quantitative estimate of drug-likeness (QED) is 0.801. The fourth-order valence-electron chi connectivity index (χ4n) is 4.18. The van der Waals surface area contributed by atoms with E-state index in [1.807, 2.05) is 0 Å². The highest BCUT2D eigenvalue weighted by molar-refractivity contribution is 5.04. The molecule has 3 atom stereocenters. The minimum Gasteiger partial charge on any atom is -0.329 e. The molecule has 1 aliphatic carbocycles. The Morgan fingerprint density at radius 3 is 2.47 bits per heavy atom. The molecule has 0 radical (unpaired) electrons. The highest BCUT2D eigenvalue weighted by Gasteiger charge is 2.48. The summed E-state index contributed by atoms with van der Waals surface area (Å²) in [5.74, 6) is 0.830. The second-order valence-electron chi connectivity index (χ2n) is 7.32. The first-order valence-electron chi connectivity index (χ1n) is 7.37. The third-order valence-electron chi connectivity index (χ3n) is 5.44. The highest BCUT2D eigenvalue weighted by atomic mass is 15.2. The molecular weight excluding hydrogens is 208 g/mol.